The summed E-state index contributed by atoms with van der Waals surface area (Å²) in [4.78, 5) is 28.4. The Morgan fingerprint density at radius 1 is 1.60 bits per heavy atom. The molecule has 1 N–H and O–H groups in total. The van der Waals surface area contributed by atoms with Gasteiger partial charge < -0.3 is 5.32 Å². The van der Waals surface area contributed by atoms with Crippen molar-refractivity contribution in [1.29, 1.82) is 0 Å². The maximum atomic E-state index is 12.2. The highest BCUT2D eigenvalue weighted by molar-refractivity contribution is 8.00. The van der Waals surface area contributed by atoms with E-state index in [9.17, 15) is 9.59 Å². The molecular weight excluding hydrogens is 274 g/mol. The molecule has 110 valence electrons. The highest BCUT2D eigenvalue weighted by Gasteiger charge is 2.28. The van der Waals surface area contributed by atoms with Gasteiger partial charge in [0, 0.05) is 24.8 Å². The zero-order valence-corrected chi connectivity index (χ0v) is 13.0. The van der Waals surface area contributed by atoms with Crippen LogP contribution in [0.15, 0.2) is 16.0 Å². The fourth-order valence-corrected chi connectivity index (χ4v) is 3.12. The van der Waals surface area contributed by atoms with E-state index in [1.54, 1.807) is 14.0 Å². The number of hydrogen-bond acceptors (Lipinski definition) is 4. The second kappa shape index (κ2) is 6.43. The summed E-state index contributed by atoms with van der Waals surface area (Å²) in [6.45, 7) is 3.85. The number of carbonyl (C=O) groups excluding carboxylic acids is 1. The van der Waals surface area contributed by atoms with Crippen LogP contribution in [0.25, 0.3) is 0 Å². The van der Waals surface area contributed by atoms with Crippen LogP contribution in [0.4, 0.5) is 0 Å². The third-order valence-corrected chi connectivity index (χ3v) is 4.55. The number of nitrogens with one attached hydrogen (secondary N) is 1. The lowest BCUT2D eigenvalue weighted by Gasteiger charge is -2.16. The standard InChI is InChI=1S/C14H21N3O2S/c1-4-5-11(13(19)16-10-6-7-10)20-14-15-9(2)8-12(18)17(14)3/h8,10-11H,4-7H2,1-3H3,(H,16,19)/t11-/m0/s1. The van der Waals surface area contributed by atoms with Gasteiger partial charge in [0.1, 0.15) is 0 Å². The molecule has 1 aromatic rings. The SMILES string of the molecule is CCC[C@H](Sc1nc(C)cc(=O)n1C)C(=O)NC1CC1. The third-order valence-electron chi connectivity index (χ3n) is 3.24. The highest BCUT2D eigenvalue weighted by atomic mass is 32.2. The fraction of sp³-hybridized carbons (Fsp3) is 0.643. The zero-order chi connectivity index (χ0) is 14.7. The molecule has 5 nitrogen and oxygen atoms in total. The van der Waals surface area contributed by atoms with Gasteiger partial charge in [-0.1, -0.05) is 25.1 Å². The van der Waals surface area contributed by atoms with E-state index in [1.165, 1.54) is 22.4 Å². The lowest BCUT2D eigenvalue weighted by Crippen LogP contribution is -2.34. The van der Waals surface area contributed by atoms with Gasteiger partial charge in [0.25, 0.3) is 5.56 Å². The van der Waals surface area contributed by atoms with Gasteiger partial charge in [-0.15, -0.1) is 0 Å². The molecule has 0 aromatic carbocycles. The normalized spacial score (nSPS) is 15.9. The average molecular weight is 295 g/mol. The van der Waals surface area contributed by atoms with E-state index in [4.69, 9.17) is 0 Å². The highest BCUT2D eigenvalue weighted by Crippen LogP contribution is 2.26. The first-order valence-electron chi connectivity index (χ1n) is 7.03. The minimum atomic E-state index is -0.180. The maximum absolute atomic E-state index is 12.2. The van der Waals surface area contributed by atoms with Gasteiger partial charge in [-0.2, -0.15) is 0 Å². The molecule has 1 aliphatic rings. The van der Waals surface area contributed by atoms with E-state index < -0.39 is 0 Å². The topological polar surface area (TPSA) is 64.0 Å². The first-order valence-corrected chi connectivity index (χ1v) is 7.91. The van der Waals surface area contributed by atoms with Crippen molar-refractivity contribution in [3.63, 3.8) is 0 Å². The molecule has 20 heavy (non-hydrogen) atoms. The lowest BCUT2D eigenvalue weighted by molar-refractivity contribution is -0.120. The summed E-state index contributed by atoms with van der Waals surface area (Å²) in [6.07, 6.45) is 3.87. The van der Waals surface area contributed by atoms with Gasteiger partial charge >= 0.3 is 0 Å². The van der Waals surface area contributed by atoms with Crippen molar-refractivity contribution >= 4 is 17.7 Å². The van der Waals surface area contributed by atoms with Gasteiger partial charge in [0.2, 0.25) is 5.91 Å². The van der Waals surface area contributed by atoms with E-state index in [1.807, 2.05) is 0 Å². The minimum absolute atomic E-state index is 0.0649. The molecule has 1 atom stereocenters. The Balaban J connectivity index is 2.14. The monoisotopic (exact) mass is 295 g/mol. The van der Waals surface area contributed by atoms with Crippen molar-refractivity contribution < 1.29 is 4.79 Å². The van der Waals surface area contributed by atoms with Crippen LogP contribution in [0, 0.1) is 6.92 Å². The van der Waals surface area contributed by atoms with Crippen molar-refractivity contribution in [2.75, 3.05) is 0 Å². The van der Waals surface area contributed by atoms with Crippen LogP contribution in [-0.2, 0) is 11.8 Å². The molecule has 1 heterocycles. The van der Waals surface area contributed by atoms with Gasteiger partial charge in [0.15, 0.2) is 5.16 Å². The Morgan fingerprint density at radius 2 is 2.30 bits per heavy atom. The van der Waals surface area contributed by atoms with E-state index >= 15 is 0 Å². The predicted molar refractivity (Wildman–Crippen MR) is 79.9 cm³/mol. The molecule has 1 aromatic heterocycles. The molecule has 1 saturated carbocycles. The zero-order valence-electron chi connectivity index (χ0n) is 12.2. The minimum Gasteiger partial charge on any atom is -0.352 e. The van der Waals surface area contributed by atoms with Crippen molar-refractivity contribution in [2.45, 2.75) is 56.0 Å². The number of carbonyl (C=O) groups is 1. The van der Waals surface area contributed by atoms with E-state index in [0.29, 0.717) is 16.9 Å². The van der Waals surface area contributed by atoms with E-state index in [-0.39, 0.29) is 16.7 Å². The summed E-state index contributed by atoms with van der Waals surface area (Å²) >= 11 is 1.39. The number of amides is 1. The van der Waals surface area contributed by atoms with Crippen LogP contribution in [0.3, 0.4) is 0 Å². The first kappa shape index (κ1) is 15.1. The predicted octanol–water partition coefficient (Wildman–Crippen LogP) is 1.63. The number of thioether (sulfide) groups is 1. The average Bonchev–Trinajstić information content (AvgIpc) is 3.18. The number of rotatable bonds is 6. The van der Waals surface area contributed by atoms with Crippen LogP contribution < -0.4 is 10.9 Å². The summed E-state index contributed by atoms with van der Waals surface area (Å²) < 4.78 is 1.50. The Labute approximate surface area is 123 Å². The molecule has 1 amide bonds. The molecule has 0 spiro atoms. The summed E-state index contributed by atoms with van der Waals surface area (Å²) in [5.41, 5.74) is 0.603. The third kappa shape index (κ3) is 3.85. The molecule has 0 saturated heterocycles. The van der Waals surface area contributed by atoms with Crippen molar-refractivity contribution in [2.24, 2.45) is 7.05 Å². The smallest absolute Gasteiger partial charge is 0.254 e. The number of aryl methyl sites for hydroxylation is 1. The van der Waals surface area contributed by atoms with Crippen molar-refractivity contribution in [3.8, 4) is 0 Å². The lowest BCUT2D eigenvalue weighted by atomic mass is 10.2. The van der Waals surface area contributed by atoms with Crippen LogP contribution in [0.5, 0.6) is 0 Å². The number of hydrogen-bond donors (Lipinski definition) is 1. The largest absolute Gasteiger partial charge is 0.352 e. The molecular formula is C14H21N3O2S. The Morgan fingerprint density at radius 3 is 2.90 bits per heavy atom. The number of nitrogens with zero attached hydrogens (tertiary/aromatic N) is 2. The Bertz CT molecular complexity index is 552. The summed E-state index contributed by atoms with van der Waals surface area (Å²) in [7, 11) is 1.69. The molecule has 2 rings (SSSR count). The summed E-state index contributed by atoms with van der Waals surface area (Å²) in [5, 5.41) is 3.46. The second-order valence-electron chi connectivity index (χ2n) is 5.26. The maximum Gasteiger partial charge on any atom is 0.254 e. The van der Waals surface area contributed by atoms with Crippen LogP contribution in [-0.4, -0.2) is 26.8 Å². The quantitative estimate of drug-likeness (QED) is 0.640. The van der Waals surface area contributed by atoms with Gasteiger partial charge in [-0.25, -0.2) is 4.98 Å². The molecule has 1 fully saturated rings. The Kier molecular flexibility index (Phi) is 4.86. The van der Waals surface area contributed by atoms with Crippen LogP contribution in [0.2, 0.25) is 0 Å². The van der Waals surface area contributed by atoms with Crippen molar-refractivity contribution in [3.05, 3.63) is 22.1 Å². The summed E-state index contributed by atoms with van der Waals surface area (Å²) in [6, 6.07) is 1.86. The van der Waals surface area contributed by atoms with Crippen LogP contribution in [0.1, 0.15) is 38.3 Å². The fourth-order valence-electron chi connectivity index (χ4n) is 1.89. The molecule has 6 heteroatoms. The first-order chi connectivity index (χ1) is 9.51. The van der Waals surface area contributed by atoms with Gasteiger partial charge in [0.05, 0.1) is 5.25 Å². The molecule has 0 unspecified atom stereocenters. The van der Waals surface area contributed by atoms with Gasteiger partial charge in [-0.3, -0.25) is 14.2 Å². The second-order valence-corrected chi connectivity index (χ2v) is 6.43. The molecule has 0 radical (unpaired) electrons. The molecule has 0 aliphatic heterocycles. The Hall–Kier alpha value is -1.30. The van der Waals surface area contributed by atoms with Crippen molar-refractivity contribution in [1.82, 2.24) is 14.9 Å². The molecule has 0 bridgehead atoms. The number of aromatic nitrogens is 2. The van der Waals surface area contributed by atoms with E-state index in [0.717, 1.165) is 25.7 Å². The summed E-state index contributed by atoms with van der Waals surface area (Å²) in [5.74, 6) is 0.0649. The van der Waals surface area contributed by atoms with E-state index in [2.05, 4.69) is 17.2 Å². The van der Waals surface area contributed by atoms with Crippen LogP contribution >= 0.6 is 11.8 Å². The molecule has 1 aliphatic carbocycles. The van der Waals surface area contributed by atoms with Gasteiger partial charge in [-0.05, 0) is 26.2 Å².